The van der Waals surface area contributed by atoms with Gasteiger partial charge in [0.05, 0.1) is 24.2 Å². The van der Waals surface area contributed by atoms with E-state index < -0.39 is 54.1 Å². The lowest BCUT2D eigenvalue weighted by atomic mass is 9.77. The topological polar surface area (TPSA) is 104 Å². The summed E-state index contributed by atoms with van der Waals surface area (Å²) in [5.41, 5.74) is 0. The van der Waals surface area contributed by atoms with E-state index in [0.717, 1.165) is 0 Å². The first kappa shape index (κ1) is 26.3. The number of esters is 1. The molecule has 1 fully saturated rings. The van der Waals surface area contributed by atoms with Crippen LogP contribution in [0.15, 0.2) is 0 Å². The molecule has 0 bridgehead atoms. The molecule has 170 valence electrons. The van der Waals surface area contributed by atoms with Crippen molar-refractivity contribution in [2.45, 2.75) is 85.2 Å². The molecular formula is C22H39ClO6. The summed E-state index contributed by atoms with van der Waals surface area (Å²) < 4.78 is 5.67. The summed E-state index contributed by atoms with van der Waals surface area (Å²) >= 11 is 5.81. The van der Waals surface area contributed by atoms with Gasteiger partial charge in [0.25, 0.3) is 0 Å². The van der Waals surface area contributed by atoms with Crippen LogP contribution in [0.3, 0.4) is 0 Å². The molecule has 3 N–H and O–H groups in total. The Hall–Kier alpha value is -0.690. The molecule has 0 aliphatic carbocycles. The van der Waals surface area contributed by atoms with Gasteiger partial charge in [0.15, 0.2) is 0 Å². The summed E-state index contributed by atoms with van der Waals surface area (Å²) in [6, 6.07) is 0. The van der Waals surface area contributed by atoms with Crippen LogP contribution in [-0.4, -0.2) is 57.4 Å². The molecule has 1 rings (SSSR count). The number of carbonyl (C=O) groups is 2. The van der Waals surface area contributed by atoms with Gasteiger partial charge in [0.2, 0.25) is 0 Å². The third-order valence-electron chi connectivity index (χ3n) is 6.73. The van der Waals surface area contributed by atoms with Crippen molar-refractivity contribution in [2.75, 3.05) is 5.88 Å². The number of carbonyl (C=O) groups excluding carboxylic acids is 2. The first-order valence-electron chi connectivity index (χ1n) is 10.8. The molecule has 29 heavy (non-hydrogen) atoms. The Kier molecular flexibility index (Phi) is 10.6. The molecule has 0 aromatic rings. The minimum absolute atomic E-state index is 0.0792. The van der Waals surface area contributed by atoms with Gasteiger partial charge in [-0.1, -0.05) is 34.6 Å². The van der Waals surface area contributed by atoms with E-state index in [1.165, 1.54) is 0 Å². The predicted octanol–water partition coefficient (Wildman–Crippen LogP) is 2.79. The van der Waals surface area contributed by atoms with E-state index in [9.17, 15) is 24.9 Å². The average molecular weight is 435 g/mol. The van der Waals surface area contributed by atoms with E-state index in [4.69, 9.17) is 16.3 Å². The molecule has 0 spiro atoms. The van der Waals surface area contributed by atoms with Gasteiger partial charge in [-0.2, -0.15) is 0 Å². The maximum absolute atomic E-state index is 12.9. The smallest absolute Gasteiger partial charge is 0.311 e. The monoisotopic (exact) mass is 434 g/mol. The van der Waals surface area contributed by atoms with Crippen LogP contribution in [0.25, 0.3) is 0 Å². The largest absolute Gasteiger partial charge is 0.462 e. The number of aliphatic hydroxyl groups is 3. The Morgan fingerprint density at radius 1 is 0.897 bits per heavy atom. The number of hydrogen-bond donors (Lipinski definition) is 3. The molecule has 1 aliphatic rings. The van der Waals surface area contributed by atoms with Gasteiger partial charge in [-0.05, 0) is 32.1 Å². The number of rotatable bonds is 3. The summed E-state index contributed by atoms with van der Waals surface area (Å²) in [7, 11) is 0. The number of cyclic esters (lactones) is 1. The SMILES string of the molecule is C[C@@H]1[C@@H](O)[C@@H](C)C[C@@H](C)C(=O)[C@H](C)[C@@H](O)[C@@H](C)[C@@H](CCCCl)OC(=O)[C@H](C)[C@H]1O. The second-order valence-corrected chi connectivity index (χ2v) is 9.47. The molecular weight excluding hydrogens is 396 g/mol. The van der Waals surface area contributed by atoms with Crippen molar-refractivity contribution < 1.29 is 29.6 Å². The molecule has 1 aliphatic heterocycles. The van der Waals surface area contributed by atoms with Crippen LogP contribution in [0.4, 0.5) is 0 Å². The van der Waals surface area contributed by atoms with Crippen LogP contribution in [0.5, 0.6) is 0 Å². The summed E-state index contributed by atoms with van der Waals surface area (Å²) in [6.45, 7) is 10.4. The number of alkyl halides is 1. The minimum atomic E-state index is -1.08. The molecule has 1 heterocycles. The van der Waals surface area contributed by atoms with Crippen molar-refractivity contribution in [3.05, 3.63) is 0 Å². The molecule has 6 nitrogen and oxygen atoms in total. The molecule has 0 aromatic carbocycles. The van der Waals surface area contributed by atoms with Gasteiger partial charge in [-0.3, -0.25) is 9.59 Å². The van der Waals surface area contributed by atoms with Crippen LogP contribution in [0.2, 0.25) is 0 Å². The van der Waals surface area contributed by atoms with E-state index in [-0.39, 0.29) is 17.6 Å². The Bertz CT molecular complexity index is 541. The van der Waals surface area contributed by atoms with Crippen LogP contribution < -0.4 is 0 Å². The molecule has 7 heteroatoms. The highest BCUT2D eigenvalue weighted by atomic mass is 35.5. The quantitative estimate of drug-likeness (QED) is 0.466. The van der Waals surface area contributed by atoms with E-state index in [1.54, 1.807) is 34.6 Å². The fourth-order valence-electron chi connectivity index (χ4n) is 4.38. The van der Waals surface area contributed by atoms with Crippen molar-refractivity contribution in [1.82, 2.24) is 0 Å². The van der Waals surface area contributed by atoms with Crippen LogP contribution in [-0.2, 0) is 14.3 Å². The van der Waals surface area contributed by atoms with Gasteiger partial charge in [0.1, 0.15) is 11.9 Å². The maximum atomic E-state index is 12.9. The average Bonchev–Trinajstić information content (AvgIpc) is 2.71. The van der Waals surface area contributed by atoms with Gasteiger partial charge >= 0.3 is 5.97 Å². The first-order valence-corrected chi connectivity index (χ1v) is 11.3. The highest BCUT2D eigenvalue weighted by Gasteiger charge is 2.40. The van der Waals surface area contributed by atoms with E-state index in [1.807, 2.05) is 6.92 Å². The number of halogens is 1. The van der Waals surface area contributed by atoms with Gasteiger partial charge < -0.3 is 20.1 Å². The van der Waals surface area contributed by atoms with E-state index >= 15 is 0 Å². The van der Waals surface area contributed by atoms with Crippen LogP contribution in [0, 0.1) is 35.5 Å². The van der Waals surface area contributed by atoms with Crippen molar-refractivity contribution in [1.29, 1.82) is 0 Å². The Morgan fingerprint density at radius 2 is 1.45 bits per heavy atom. The molecule has 1 saturated heterocycles. The normalized spacial score (nSPS) is 43.5. The Balaban J connectivity index is 3.25. The third-order valence-corrected chi connectivity index (χ3v) is 7.00. The molecule has 0 aromatic heterocycles. The zero-order valence-corrected chi connectivity index (χ0v) is 19.3. The van der Waals surface area contributed by atoms with Gasteiger partial charge in [0, 0.05) is 29.6 Å². The van der Waals surface area contributed by atoms with Crippen LogP contribution >= 0.6 is 11.6 Å². The highest BCUT2D eigenvalue weighted by molar-refractivity contribution is 6.17. The zero-order valence-electron chi connectivity index (χ0n) is 18.5. The Labute approximate surface area is 180 Å². The molecule has 0 saturated carbocycles. The van der Waals surface area contributed by atoms with Crippen molar-refractivity contribution >= 4 is 23.4 Å². The molecule has 10 atom stereocenters. The second kappa shape index (κ2) is 11.6. The lowest BCUT2D eigenvalue weighted by Gasteiger charge is -2.36. The van der Waals surface area contributed by atoms with Crippen molar-refractivity contribution in [3.8, 4) is 0 Å². The Morgan fingerprint density at radius 3 is 2.00 bits per heavy atom. The second-order valence-electron chi connectivity index (χ2n) is 9.09. The number of ether oxygens (including phenoxy) is 1. The van der Waals surface area contributed by atoms with E-state index in [2.05, 4.69) is 0 Å². The van der Waals surface area contributed by atoms with Gasteiger partial charge in [-0.15, -0.1) is 11.6 Å². The summed E-state index contributed by atoms with van der Waals surface area (Å²) in [5.74, 6) is -3.31. The number of aliphatic hydroxyl groups excluding tert-OH is 3. The third kappa shape index (κ3) is 6.65. The highest BCUT2D eigenvalue weighted by Crippen LogP contribution is 2.31. The van der Waals surface area contributed by atoms with Crippen LogP contribution in [0.1, 0.15) is 60.8 Å². The zero-order chi connectivity index (χ0) is 22.5. The van der Waals surface area contributed by atoms with Crippen molar-refractivity contribution in [2.24, 2.45) is 35.5 Å². The predicted molar refractivity (Wildman–Crippen MR) is 112 cm³/mol. The van der Waals surface area contributed by atoms with Crippen molar-refractivity contribution in [3.63, 3.8) is 0 Å². The maximum Gasteiger partial charge on any atom is 0.311 e. The molecule has 0 amide bonds. The van der Waals surface area contributed by atoms with E-state index in [0.29, 0.717) is 25.1 Å². The number of Topliss-reactive ketones (excluding diaryl/α,β-unsaturated/α-hetero) is 1. The lowest BCUT2D eigenvalue weighted by molar-refractivity contribution is -0.166. The fraction of sp³-hybridized carbons (Fsp3) is 0.909. The molecule has 0 unspecified atom stereocenters. The lowest BCUT2D eigenvalue weighted by Crippen LogP contribution is -2.45. The standard InChI is InChI=1S/C22H39ClO6/c1-11-10-12(2)19(25)15(5)21(27)16(6)22(28)29-17(8-7-9-23)13(3)20(26)14(4)18(11)24/h11-17,19-21,25-27H,7-10H2,1-6H3/t11-,12+,13+,14+,15-,16-,17-,19+,20+,21+/m1/s1. The minimum Gasteiger partial charge on any atom is -0.462 e. The summed E-state index contributed by atoms with van der Waals surface area (Å²) in [5, 5.41) is 32.2. The first-order chi connectivity index (χ1) is 13.4. The number of hydrogen-bond acceptors (Lipinski definition) is 6. The number of ketones is 1. The summed E-state index contributed by atoms with van der Waals surface area (Å²) in [4.78, 5) is 25.6. The summed E-state index contributed by atoms with van der Waals surface area (Å²) in [6.07, 6.45) is -2.04. The molecule has 0 radical (unpaired) electrons. The fourth-order valence-corrected chi connectivity index (χ4v) is 4.54. The van der Waals surface area contributed by atoms with Gasteiger partial charge in [-0.25, -0.2) is 0 Å².